The van der Waals surface area contributed by atoms with Crippen molar-refractivity contribution in [2.75, 3.05) is 44.2 Å². The summed E-state index contributed by atoms with van der Waals surface area (Å²) in [4.78, 5) is 16.5. The van der Waals surface area contributed by atoms with Gasteiger partial charge in [-0.15, -0.1) is 5.10 Å². The van der Waals surface area contributed by atoms with Crippen LogP contribution in [-0.4, -0.2) is 65.4 Å². The molecular formula is C22H23F4N5O2. The van der Waals surface area contributed by atoms with Gasteiger partial charge < -0.3 is 9.64 Å². The Balaban J connectivity index is 1.31. The number of hydrogen-bond acceptors (Lipinski definition) is 6. The zero-order chi connectivity index (χ0) is 23.4. The summed E-state index contributed by atoms with van der Waals surface area (Å²) in [6.07, 6.45) is -3.78. The van der Waals surface area contributed by atoms with Crippen LogP contribution in [0, 0.1) is 5.82 Å². The summed E-state index contributed by atoms with van der Waals surface area (Å²) in [6, 6.07) is 10.6. The lowest BCUT2D eigenvalue weighted by molar-refractivity contribution is -0.153. The number of nitrogens with zero attached hydrogens (tertiary/aromatic N) is 5. The van der Waals surface area contributed by atoms with Gasteiger partial charge in [-0.25, -0.2) is 9.07 Å². The Labute approximate surface area is 187 Å². The number of halogens is 4. The smallest absolute Gasteiger partial charge is 0.422 e. The van der Waals surface area contributed by atoms with Gasteiger partial charge in [0.05, 0.1) is 11.1 Å². The quantitative estimate of drug-likeness (QED) is 0.500. The number of piperazine rings is 1. The first-order chi connectivity index (χ1) is 15.8. The number of rotatable bonds is 7. The van der Waals surface area contributed by atoms with Crippen molar-refractivity contribution >= 4 is 16.6 Å². The highest BCUT2D eigenvalue weighted by atomic mass is 19.4. The molecule has 0 atom stereocenters. The average Bonchev–Trinajstić information content (AvgIpc) is 2.80. The van der Waals surface area contributed by atoms with Crippen LogP contribution >= 0.6 is 0 Å². The second kappa shape index (κ2) is 9.74. The average molecular weight is 465 g/mol. The number of alkyl halides is 3. The third-order valence-corrected chi connectivity index (χ3v) is 5.50. The number of aromatic nitrogens is 3. The van der Waals surface area contributed by atoms with Gasteiger partial charge in [0.2, 0.25) is 0 Å². The topological polar surface area (TPSA) is 63.5 Å². The maximum Gasteiger partial charge on any atom is 0.422 e. The number of fused-ring (bicyclic) bond motifs is 1. The Hall–Kier alpha value is -3.21. The molecule has 0 spiro atoms. The second-order valence-corrected chi connectivity index (χ2v) is 7.83. The molecule has 0 radical (unpaired) electrons. The molecule has 2 aromatic carbocycles. The highest BCUT2D eigenvalue weighted by Crippen LogP contribution is 2.31. The maximum absolute atomic E-state index is 13.8. The molecular weight excluding hydrogens is 442 g/mol. The lowest BCUT2D eigenvalue weighted by Gasteiger charge is -2.36. The van der Waals surface area contributed by atoms with E-state index in [1.165, 1.54) is 16.8 Å². The van der Waals surface area contributed by atoms with Crippen LogP contribution in [0.2, 0.25) is 0 Å². The Morgan fingerprint density at radius 3 is 2.52 bits per heavy atom. The Morgan fingerprint density at radius 1 is 1.00 bits per heavy atom. The monoisotopic (exact) mass is 465 g/mol. The third kappa shape index (κ3) is 5.78. The van der Waals surface area contributed by atoms with Gasteiger partial charge >= 0.3 is 6.18 Å². The van der Waals surface area contributed by atoms with Crippen molar-refractivity contribution in [2.24, 2.45) is 0 Å². The summed E-state index contributed by atoms with van der Waals surface area (Å²) in [5.74, 6) is -0.523. The van der Waals surface area contributed by atoms with Crippen molar-refractivity contribution in [3.05, 3.63) is 58.6 Å². The van der Waals surface area contributed by atoms with Crippen LogP contribution < -0.4 is 15.2 Å². The molecule has 0 saturated carbocycles. The van der Waals surface area contributed by atoms with Crippen LogP contribution in [-0.2, 0) is 6.54 Å². The van der Waals surface area contributed by atoms with Crippen LogP contribution in [0.15, 0.2) is 47.3 Å². The minimum absolute atomic E-state index is 0.0106. The van der Waals surface area contributed by atoms with E-state index in [0.717, 1.165) is 12.6 Å². The van der Waals surface area contributed by atoms with Gasteiger partial charge in [-0.1, -0.05) is 17.3 Å². The van der Waals surface area contributed by atoms with Crippen molar-refractivity contribution < 1.29 is 22.3 Å². The number of aryl methyl sites for hydroxylation is 1. The predicted molar refractivity (Wildman–Crippen MR) is 115 cm³/mol. The summed E-state index contributed by atoms with van der Waals surface area (Å²) >= 11 is 0. The molecule has 1 saturated heterocycles. The van der Waals surface area contributed by atoms with Gasteiger partial charge in [0, 0.05) is 45.3 Å². The van der Waals surface area contributed by atoms with Gasteiger partial charge in [-0.2, -0.15) is 13.2 Å². The van der Waals surface area contributed by atoms with Crippen LogP contribution in [0.3, 0.4) is 0 Å². The first-order valence-corrected chi connectivity index (χ1v) is 10.6. The number of hydrogen-bond donors (Lipinski definition) is 0. The van der Waals surface area contributed by atoms with Crippen molar-refractivity contribution in [3.8, 4) is 5.75 Å². The zero-order valence-corrected chi connectivity index (χ0v) is 17.8. The second-order valence-electron chi connectivity index (χ2n) is 7.83. The van der Waals surface area contributed by atoms with Crippen LogP contribution in [0.1, 0.15) is 6.42 Å². The molecule has 1 aliphatic heterocycles. The molecule has 4 rings (SSSR count). The molecule has 0 unspecified atom stereocenters. The summed E-state index contributed by atoms with van der Waals surface area (Å²) in [5.41, 5.74) is 0.700. The van der Waals surface area contributed by atoms with Crippen molar-refractivity contribution in [3.63, 3.8) is 0 Å². The highest BCUT2D eigenvalue weighted by molar-refractivity contribution is 5.76. The summed E-state index contributed by atoms with van der Waals surface area (Å²) < 4.78 is 57.6. The normalized spacial score (nSPS) is 15.2. The van der Waals surface area contributed by atoms with Crippen molar-refractivity contribution in [1.82, 2.24) is 19.9 Å². The fourth-order valence-electron chi connectivity index (χ4n) is 3.85. The molecule has 0 amide bonds. The van der Waals surface area contributed by atoms with Crippen molar-refractivity contribution in [1.29, 1.82) is 0 Å². The molecule has 0 bridgehead atoms. The Kier molecular flexibility index (Phi) is 6.77. The third-order valence-electron chi connectivity index (χ3n) is 5.50. The summed E-state index contributed by atoms with van der Waals surface area (Å²) in [7, 11) is 0. The standard InChI is InChI=1S/C22H23F4N5O2/c23-16-6-7-20(33-15-22(24,25)26)19(14-16)30-12-10-29(11-13-30)8-3-9-31-21(32)17-4-1-2-5-18(17)27-28-31/h1-2,4-7,14H,3,8-13,15H2. The fraction of sp³-hybridized carbons (Fsp3) is 0.409. The van der Waals surface area contributed by atoms with E-state index in [1.54, 1.807) is 24.3 Å². The van der Waals surface area contributed by atoms with Gasteiger partial charge in [0.25, 0.3) is 5.56 Å². The first kappa shape index (κ1) is 23.0. The number of anilines is 1. The highest BCUT2D eigenvalue weighted by Gasteiger charge is 2.29. The first-order valence-electron chi connectivity index (χ1n) is 10.6. The molecule has 7 nitrogen and oxygen atoms in total. The van der Waals surface area contributed by atoms with Gasteiger partial charge in [-0.3, -0.25) is 9.69 Å². The molecule has 1 aromatic heterocycles. The maximum atomic E-state index is 13.8. The van der Waals surface area contributed by atoms with Crippen LogP contribution in [0.4, 0.5) is 23.2 Å². The largest absolute Gasteiger partial charge is 0.482 e. The molecule has 1 aliphatic rings. The molecule has 11 heteroatoms. The van der Waals surface area contributed by atoms with E-state index in [4.69, 9.17) is 4.74 Å². The van der Waals surface area contributed by atoms with E-state index in [1.807, 2.05) is 4.90 Å². The van der Waals surface area contributed by atoms with Crippen LogP contribution in [0.25, 0.3) is 10.9 Å². The Morgan fingerprint density at radius 2 is 1.76 bits per heavy atom. The molecule has 0 aliphatic carbocycles. The van der Waals surface area contributed by atoms with E-state index in [-0.39, 0.29) is 11.3 Å². The van der Waals surface area contributed by atoms with Gasteiger partial charge in [0.1, 0.15) is 17.1 Å². The molecule has 3 aromatic rings. The molecule has 176 valence electrons. The van der Waals surface area contributed by atoms with Crippen LogP contribution in [0.5, 0.6) is 5.75 Å². The lowest BCUT2D eigenvalue weighted by atomic mass is 10.2. The van der Waals surface area contributed by atoms with E-state index < -0.39 is 18.6 Å². The molecule has 1 fully saturated rings. The number of ether oxygens (including phenoxy) is 1. The minimum Gasteiger partial charge on any atom is -0.482 e. The number of benzene rings is 2. The summed E-state index contributed by atoms with van der Waals surface area (Å²) in [6.45, 7) is 2.04. The summed E-state index contributed by atoms with van der Waals surface area (Å²) in [5, 5.41) is 8.60. The lowest BCUT2D eigenvalue weighted by Crippen LogP contribution is -2.47. The fourth-order valence-corrected chi connectivity index (χ4v) is 3.85. The van der Waals surface area contributed by atoms with Crippen molar-refractivity contribution in [2.45, 2.75) is 19.1 Å². The Bertz CT molecular complexity index is 1160. The molecule has 2 heterocycles. The van der Waals surface area contributed by atoms with E-state index >= 15 is 0 Å². The molecule has 33 heavy (non-hydrogen) atoms. The predicted octanol–water partition coefficient (Wildman–Crippen LogP) is 3.08. The minimum atomic E-state index is -4.47. The van der Waals surface area contributed by atoms with E-state index in [0.29, 0.717) is 55.7 Å². The molecule has 0 N–H and O–H groups in total. The van der Waals surface area contributed by atoms with Gasteiger partial charge in [-0.05, 0) is 30.7 Å². The SMILES string of the molecule is O=c1c2ccccc2nnn1CCCN1CCN(c2cc(F)ccc2OCC(F)(F)F)CC1. The van der Waals surface area contributed by atoms with E-state index in [2.05, 4.69) is 15.2 Å². The van der Waals surface area contributed by atoms with Gasteiger partial charge in [0.15, 0.2) is 6.61 Å². The zero-order valence-electron chi connectivity index (χ0n) is 17.8. The van der Waals surface area contributed by atoms with E-state index in [9.17, 15) is 22.4 Å².